The number of ether oxygens (including phenoxy) is 1. The molecule has 2 atom stereocenters. The van der Waals surface area contributed by atoms with Crippen molar-refractivity contribution in [2.75, 3.05) is 33.8 Å². The molecule has 0 spiro atoms. The van der Waals surface area contributed by atoms with Crippen molar-refractivity contribution in [3.05, 3.63) is 70.8 Å². The minimum Gasteiger partial charge on any atom is -0.377 e. The number of urea groups is 1. The number of imide groups is 1. The van der Waals surface area contributed by atoms with Crippen LogP contribution in [0.3, 0.4) is 0 Å². The van der Waals surface area contributed by atoms with E-state index < -0.39 is 35.6 Å². The number of rotatable bonds is 5. The Labute approximate surface area is 230 Å². The molecule has 0 unspecified atom stereocenters. The van der Waals surface area contributed by atoms with E-state index in [4.69, 9.17) is 4.74 Å². The monoisotopic (exact) mass is 573 g/mol. The lowest BCUT2D eigenvalue weighted by atomic mass is 9.98. The first-order chi connectivity index (χ1) is 18.7. The molecular formula is C28H33F6N3O3. The number of aryl methyl sites for hydroxylation is 1. The lowest BCUT2D eigenvalue weighted by Crippen LogP contribution is -2.42. The van der Waals surface area contributed by atoms with Crippen LogP contribution in [0.15, 0.2) is 48.5 Å². The Hall–Kier alpha value is -3.56. The van der Waals surface area contributed by atoms with Gasteiger partial charge in [0.1, 0.15) is 0 Å². The van der Waals surface area contributed by atoms with E-state index in [0.717, 1.165) is 19.4 Å². The number of alkyl halides is 6. The van der Waals surface area contributed by atoms with Gasteiger partial charge in [0.25, 0.3) is 0 Å². The van der Waals surface area contributed by atoms with Gasteiger partial charge in [0.05, 0.1) is 23.1 Å². The molecule has 2 N–H and O–H groups in total. The zero-order valence-corrected chi connectivity index (χ0v) is 22.4. The predicted molar refractivity (Wildman–Crippen MR) is 139 cm³/mol. The van der Waals surface area contributed by atoms with Gasteiger partial charge in [-0.3, -0.25) is 10.1 Å². The highest BCUT2D eigenvalue weighted by molar-refractivity contribution is 5.95. The summed E-state index contributed by atoms with van der Waals surface area (Å²) in [6.45, 7) is 3.35. The zero-order chi connectivity index (χ0) is 30.5. The standard InChI is InChI=1S/C15H21N3O2.C11H10F6O.C2H2/c1-18-10-9-16-15(20)17-14(19)13(11-18)8-7-12-5-3-2-4-6-12;1-6(18-2)7-3-8(10(12,13)14)5-9(4-7)11(15,16)17;1-2/h2-6,13H,7-11H2,1H3,(H2,16,17,19,20);3-6H,1-2H3;1-2H/t13-;6-;/m01./s1. The Morgan fingerprint density at radius 3 is 2.05 bits per heavy atom. The second kappa shape index (κ2) is 15.9. The van der Waals surface area contributed by atoms with Gasteiger partial charge in [0, 0.05) is 26.7 Å². The summed E-state index contributed by atoms with van der Waals surface area (Å²) in [5.41, 5.74) is -1.63. The average Bonchev–Trinajstić information content (AvgIpc) is 2.96. The number of carbonyl (C=O) groups is 2. The molecule has 1 heterocycles. The highest BCUT2D eigenvalue weighted by Crippen LogP contribution is 2.37. The fourth-order valence-corrected chi connectivity index (χ4v) is 3.73. The third-order valence-corrected chi connectivity index (χ3v) is 5.98. The Morgan fingerprint density at radius 2 is 1.55 bits per heavy atom. The normalized spacial score (nSPS) is 17.3. The van der Waals surface area contributed by atoms with Crippen LogP contribution in [0.1, 0.15) is 41.7 Å². The molecule has 40 heavy (non-hydrogen) atoms. The largest absolute Gasteiger partial charge is 0.416 e. The van der Waals surface area contributed by atoms with Crippen molar-refractivity contribution in [3.8, 4) is 12.8 Å². The first kappa shape index (κ1) is 34.5. The molecular weight excluding hydrogens is 540 g/mol. The molecule has 12 heteroatoms. The van der Waals surface area contributed by atoms with Crippen LogP contribution in [-0.4, -0.2) is 50.6 Å². The molecule has 0 bridgehead atoms. The third kappa shape index (κ3) is 11.7. The molecule has 3 amide bonds. The molecule has 220 valence electrons. The number of halogens is 6. The van der Waals surface area contributed by atoms with Crippen LogP contribution in [0.4, 0.5) is 31.1 Å². The average molecular weight is 574 g/mol. The number of carbonyl (C=O) groups excluding carboxylic acids is 2. The SMILES string of the molecule is C#C.CN1CCNC(=O)NC(=O)[C@@H](CCc2ccccc2)C1.CO[C@H](C)c1cc(C(F)(F)F)cc(C(F)(F)F)c1. The van der Waals surface area contributed by atoms with Gasteiger partial charge in [-0.15, -0.1) is 12.8 Å². The number of hydrogen-bond donors (Lipinski definition) is 2. The summed E-state index contributed by atoms with van der Waals surface area (Å²) in [7, 11) is 3.18. The lowest BCUT2D eigenvalue weighted by molar-refractivity contribution is -0.143. The fourth-order valence-electron chi connectivity index (χ4n) is 3.73. The van der Waals surface area contributed by atoms with Crippen LogP contribution in [0.25, 0.3) is 0 Å². The zero-order valence-electron chi connectivity index (χ0n) is 22.4. The molecule has 1 aliphatic heterocycles. The molecule has 6 nitrogen and oxygen atoms in total. The van der Waals surface area contributed by atoms with Crippen LogP contribution in [0.5, 0.6) is 0 Å². The Morgan fingerprint density at radius 1 is 1.00 bits per heavy atom. The number of nitrogens with one attached hydrogen (secondary N) is 2. The van der Waals surface area contributed by atoms with Gasteiger partial charge in [-0.2, -0.15) is 26.3 Å². The van der Waals surface area contributed by atoms with Crippen LogP contribution in [0.2, 0.25) is 0 Å². The quantitative estimate of drug-likeness (QED) is 0.357. The summed E-state index contributed by atoms with van der Waals surface area (Å²) in [5.74, 6) is -0.351. The Balaban J connectivity index is 0.000000379. The topological polar surface area (TPSA) is 70.7 Å². The smallest absolute Gasteiger partial charge is 0.377 e. The third-order valence-electron chi connectivity index (χ3n) is 5.98. The summed E-state index contributed by atoms with van der Waals surface area (Å²) >= 11 is 0. The van der Waals surface area contributed by atoms with E-state index in [1.807, 2.05) is 25.2 Å². The summed E-state index contributed by atoms with van der Waals surface area (Å²) in [6.07, 6.45) is -0.928. The number of benzene rings is 2. The van der Waals surface area contributed by atoms with E-state index in [-0.39, 0.29) is 23.5 Å². The number of terminal acetylenes is 1. The van der Waals surface area contributed by atoms with Gasteiger partial charge in [-0.05, 0) is 56.1 Å². The first-order valence-corrected chi connectivity index (χ1v) is 12.2. The number of nitrogens with zero attached hydrogens (tertiary/aromatic N) is 1. The maximum absolute atomic E-state index is 12.5. The minimum atomic E-state index is -4.83. The van der Waals surface area contributed by atoms with Gasteiger partial charge in [-0.1, -0.05) is 30.3 Å². The minimum absolute atomic E-state index is 0.0892. The van der Waals surface area contributed by atoms with E-state index >= 15 is 0 Å². The van der Waals surface area contributed by atoms with Crippen molar-refractivity contribution in [3.63, 3.8) is 0 Å². The Kier molecular flexibility index (Phi) is 13.7. The maximum Gasteiger partial charge on any atom is 0.416 e. The van der Waals surface area contributed by atoms with Gasteiger partial charge in [0.15, 0.2) is 0 Å². The van der Waals surface area contributed by atoms with Crippen molar-refractivity contribution in [2.24, 2.45) is 5.92 Å². The molecule has 0 saturated carbocycles. The van der Waals surface area contributed by atoms with Crippen LogP contribution in [-0.2, 0) is 28.3 Å². The molecule has 0 aliphatic carbocycles. The molecule has 1 aliphatic rings. The van der Waals surface area contributed by atoms with E-state index in [9.17, 15) is 35.9 Å². The van der Waals surface area contributed by atoms with E-state index in [1.54, 1.807) is 0 Å². The van der Waals surface area contributed by atoms with Gasteiger partial charge in [0.2, 0.25) is 5.91 Å². The number of amides is 3. The molecule has 0 radical (unpaired) electrons. The molecule has 3 rings (SSSR count). The van der Waals surface area contributed by atoms with Gasteiger partial charge >= 0.3 is 18.4 Å². The molecule has 2 aromatic carbocycles. The highest BCUT2D eigenvalue weighted by atomic mass is 19.4. The van der Waals surface area contributed by atoms with E-state index in [1.165, 1.54) is 19.6 Å². The summed E-state index contributed by atoms with van der Waals surface area (Å²) in [6, 6.07) is 11.1. The molecule has 1 fully saturated rings. The van der Waals surface area contributed by atoms with Crippen molar-refractivity contribution in [1.29, 1.82) is 0 Å². The summed E-state index contributed by atoms with van der Waals surface area (Å²) in [5, 5.41) is 5.08. The Bertz CT molecular complexity index is 1070. The number of likely N-dealkylation sites (N-methyl/N-ethyl adjacent to an activating group) is 1. The van der Waals surface area contributed by atoms with Crippen LogP contribution < -0.4 is 10.6 Å². The molecule has 2 aromatic rings. The molecule has 1 saturated heterocycles. The molecule has 0 aromatic heterocycles. The van der Waals surface area contributed by atoms with Crippen LogP contribution >= 0.6 is 0 Å². The van der Waals surface area contributed by atoms with Gasteiger partial charge < -0.3 is 15.0 Å². The summed E-state index contributed by atoms with van der Waals surface area (Å²) in [4.78, 5) is 25.6. The lowest BCUT2D eigenvalue weighted by Gasteiger charge is -2.21. The van der Waals surface area contributed by atoms with Crippen molar-refractivity contribution < 1.29 is 40.7 Å². The van der Waals surface area contributed by atoms with Crippen LogP contribution in [0, 0.1) is 18.8 Å². The number of methoxy groups -OCH3 is 1. The van der Waals surface area contributed by atoms with Crippen molar-refractivity contribution in [1.82, 2.24) is 15.5 Å². The summed E-state index contributed by atoms with van der Waals surface area (Å²) < 4.78 is 79.7. The maximum atomic E-state index is 12.5. The van der Waals surface area contributed by atoms with Crippen molar-refractivity contribution >= 4 is 11.9 Å². The fraction of sp³-hybridized carbons (Fsp3) is 0.429. The van der Waals surface area contributed by atoms with E-state index in [0.29, 0.717) is 25.2 Å². The van der Waals surface area contributed by atoms with E-state index in [2.05, 4.69) is 40.5 Å². The van der Waals surface area contributed by atoms with Crippen molar-refractivity contribution in [2.45, 2.75) is 38.2 Å². The second-order valence-corrected chi connectivity index (χ2v) is 8.95. The first-order valence-electron chi connectivity index (χ1n) is 12.2. The predicted octanol–water partition coefficient (Wildman–Crippen LogP) is 5.69. The second-order valence-electron chi connectivity index (χ2n) is 8.95. The highest BCUT2D eigenvalue weighted by Gasteiger charge is 2.37. The van der Waals surface area contributed by atoms with Gasteiger partial charge in [-0.25, -0.2) is 4.79 Å². The number of hydrogen-bond acceptors (Lipinski definition) is 4.